The second-order valence-corrected chi connectivity index (χ2v) is 5.87. The second kappa shape index (κ2) is 5.93. The van der Waals surface area contributed by atoms with Gasteiger partial charge in [0.15, 0.2) is 0 Å². The summed E-state index contributed by atoms with van der Waals surface area (Å²) in [6.45, 7) is 0.569. The van der Waals surface area contributed by atoms with Gasteiger partial charge in [-0.15, -0.1) is 0 Å². The van der Waals surface area contributed by atoms with E-state index in [4.69, 9.17) is 9.47 Å². The Kier molecular flexibility index (Phi) is 4.01. The highest BCUT2D eigenvalue weighted by atomic mass is 16.5. The highest BCUT2D eigenvalue weighted by Gasteiger charge is 2.44. The van der Waals surface area contributed by atoms with Crippen LogP contribution in [-0.4, -0.2) is 41.4 Å². The van der Waals surface area contributed by atoms with Crippen molar-refractivity contribution in [3.8, 4) is 5.75 Å². The smallest absolute Gasteiger partial charge is 0.407 e. The zero-order valence-electron chi connectivity index (χ0n) is 12.2. The van der Waals surface area contributed by atoms with Crippen LogP contribution in [0, 0.1) is 0 Å². The molecule has 5 heteroatoms. The standard InChI is InChI=1S/C16H21NO4/c1-20-10-11-3-2-4-14(7-11)21-15-8-12-5-6-13(9-15)17(12)16(18)19/h2-4,7,12-13,15H,5-6,8-10H2,1H3,(H,18,19). The van der Waals surface area contributed by atoms with Crippen molar-refractivity contribution in [3.05, 3.63) is 29.8 Å². The highest BCUT2D eigenvalue weighted by molar-refractivity contribution is 5.66. The number of carbonyl (C=O) groups is 1. The van der Waals surface area contributed by atoms with E-state index < -0.39 is 6.09 Å². The lowest BCUT2D eigenvalue weighted by atomic mass is 10.00. The van der Waals surface area contributed by atoms with Gasteiger partial charge in [-0.3, -0.25) is 0 Å². The number of carboxylic acid groups (broad SMARTS) is 1. The zero-order chi connectivity index (χ0) is 14.8. The average molecular weight is 291 g/mol. The van der Waals surface area contributed by atoms with Crippen LogP contribution < -0.4 is 4.74 Å². The van der Waals surface area contributed by atoms with Gasteiger partial charge in [0.2, 0.25) is 0 Å². The van der Waals surface area contributed by atoms with Crippen molar-refractivity contribution in [2.24, 2.45) is 0 Å². The Hall–Kier alpha value is -1.75. The minimum Gasteiger partial charge on any atom is -0.490 e. The Balaban J connectivity index is 1.65. The van der Waals surface area contributed by atoms with E-state index in [0.717, 1.165) is 37.0 Å². The first-order valence-electron chi connectivity index (χ1n) is 7.43. The first kappa shape index (κ1) is 14.2. The summed E-state index contributed by atoms with van der Waals surface area (Å²) in [7, 11) is 1.67. The molecule has 2 aliphatic rings. The molecule has 2 heterocycles. The Morgan fingerprint density at radius 3 is 2.67 bits per heavy atom. The van der Waals surface area contributed by atoms with Gasteiger partial charge in [-0.25, -0.2) is 4.79 Å². The molecule has 2 bridgehead atoms. The number of piperidine rings is 1. The van der Waals surface area contributed by atoms with Gasteiger partial charge in [0.25, 0.3) is 0 Å². The van der Waals surface area contributed by atoms with Crippen molar-refractivity contribution in [2.75, 3.05) is 7.11 Å². The van der Waals surface area contributed by atoms with Crippen molar-refractivity contribution in [2.45, 2.75) is 50.5 Å². The number of nitrogens with zero attached hydrogens (tertiary/aromatic N) is 1. The second-order valence-electron chi connectivity index (χ2n) is 5.87. The van der Waals surface area contributed by atoms with E-state index in [-0.39, 0.29) is 18.2 Å². The maximum atomic E-state index is 11.3. The number of amides is 1. The monoisotopic (exact) mass is 291 g/mol. The van der Waals surface area contributed by atoms with Gasteiger partial charge >= 0.3 is 6.09 Å². The molecule has 21 heavy (non-hydrogen) atoms. The molecule has 1 aromatic carbocycles. The number of rotatable bonds is 4. The van der Waals surface area contributed by atoms with Gasteiger partial charge < -0.3 is 19.5 Å². The highest BCUT2D eigenvalue weighted by Crippen LogP contribution is 2.37. The quantitative estimate of drug-likeness (QED) is 0.926. The number of fused-ring (bicyclic) bond motifs is 2. The fourth-order valence-corrected chi connectivity index (χ4v) is 3.60. The van der Waals surface area contributed by atoms with Gasteiger partial charge in [-0.05, 0) is 30.5 Å². The van der Waals surface area contributed by atoms with E-state index >= 15 is 0 Å². The first-order valence-corrected chi connectivity index (χ1v) is 7.43. The molecule has 0 saturated carbocycles. The van der Waals surface area contributed by atoms with Crippen LogP contribution in [0.25, 0.3) is 0 Å². The fourth-order valence-electron chi connectivity index (χ4n) is 3.60. The summed E-state index contributed by atoms with van der Waals surface area (Å²) in [5, 5.41) is 9.26. The SMILES string of the molecule is COCc1cccc(OC2CC3CCC(C2)N3C(=O)O)c1. The predicted molar refractivity (Wildman–Crippen MR) is 77.5 cm³/mol. The lowest BCUT2D eigenvalue weighted by Gasteiger charge is -2.37. The zero-order valence-corrected chi connectivity index (χ0v) is 12.2. The molecule has 2 aliphatic heterocycles. The van der Waals surface area contributed by atoms with Gasteiger partial charge in [0, 0.05) is 32.0 Å². The maximum Gasteiger partial charge on any atom is 0.407 e. The Labute approximate surface area is 124 Å². The number of hydrogen-bond acceptors (Lipinski definition) is 3. The first-order chi connectivity index (χ1) is 10.2. The van der Waals surface area contributed by atoms with Crippen LogP contribution in [0.2, 0.25) is 0 Å². The molecular weight excluding hydrogens is 270 g/mol. The van der Waals surface area contributed by atoms with Gasteiger partial charge in [-0.1, -0.05) is 12.1 Å². The molecule has 0 radical (unpaired) electrons. The van der Waals surface area contributed by atoms with Crippen molar-refractivity contribution in [1.82, 2.24) is 4.90 Å². The maximum absolute atomic E-state index is 11.3. The summed E-state index contributed by atoms with van der Waals surface area (Å²) in [5.41, 5.74) is 1.08. The molecule has 0 aliphatic carbocycles. The van der Waals surface area contributed by atoms with Crippen molar-refractivity contribution < 1.29 is 19.4 Å². The summed E-state index contributed by atoms with van der Waals surface area (Å²) in [6.07, 6.45) is 2.81. The van der Waals surface area contributed by atoms with Gasteiger partial charge in [-0.2, -0.15) is 0 Å². The topological polar surface area (TPSA) is 59.0 Å². The molecule has 114 valence electrons. The molecule has 1 N–H and O–H groups in total. The van der Waals surface area contributed by atoms with Gasteiger partial charge in [0.05, 0.1) is 6.61 Å². The van der Waals surface area contributed by atoms with Crippen molar-refractivity contribution in [1.29, 1.82) is 0 Å². The number of benzene rings is 1. The van der Waals surface area contributed by atoms with E-state index in [0.29, 0.717) is 6.61 Å². The molecule has 0 aromatic heterocycles. The molecule has 2 saturated heterocycles. The van der Waals surface area contributed by atoms with Crippen LogP contribution in [-0.2, 0) is 11.3 Å². The predicted octanol–water partition coefficient (Wildman–Crippen LogP) is 2.89. The van der Waals surface area contributed by atoms with E-state index in [1.54, 1.807) is 12.0 Å². The molecule has 1 amide bonds. The lowest BCUT2D eigenvalue weighted by Crippen LogP contribution is -2.48. The third kappa shape index (κ3) is 2.97. The Morgan fingerprint density at radius 2 is 2.05 bits per heavy atom. The molecule has 2 unspecified atom stereocenters. The third-order valence-electron chi connectivity index (χ3n) is 4.42. The lowest BCUT2D eigenvalue weighted by molar-refractivity contribution is 0.0495. The van der Waals surface area contributed by atoms with E-state index in [9.17, 15) is 9.90 Å². The van der Waals surface area contributed by atoms with E-state index in [1.807, 2.05) is 24.3 Å². The van der Waals surface area contributed by atoms with Crippen molar-refractivity contribution in [3.63, 3.8) is 0 Å². The van der Waals surface area contributed by atoms with Crippen LogP contribution in [0.15, 0.2) is 24.3 Å². The molecule has 2 atom stereocenters. The molecular formula is C16H21NO4. The van der Waals surface area contributed by atoms with E-state index in [2.05, 4.69) is 0 Å². The van der Waals surface area contributed by atoms with Crippen LogP contribution in [0.5, 0.6) is 5.75 Å². The summed E-state index contributed by atoms with van der Waals surface area (Å²) >= 11 is 0. The molecule has 0 spiro atoms. The Bertz CT molecular complexity index is 505. The fraction of sp³-hybridized carbons (Fsp3) is 0.562. The normalized spacial score (nSPS) is 27.7. The summed E-state index contributed by atoms with van der Waals surface area (Å²) in [6, 6.07) is 8.15. The molecule has 5 nitrogen and oxygen atoms in total. The minimum absolute atomic E-state index is 0.107. The summed E-state index contributed by atoms with van der Waals surface area (Å²) in [4.78, 5) is 12.9. The number of methoxy groups -OCH3 is 1. The van der Waals surface area contributed by atoms with Crippen LogP contribution in [0.1, 0.15) is 31.2 Å². The summed E-state index contributed by atoms with van der Waals surface area (Å²) in [5.74, 6) is 0.845. The van der Waals surface area contributed by atoms with Crippen molar-refractivity contribution >= 4 is 6.09 Å². The van der Waals surface area contributed by atoms with Crippen LogP contribution in [0.4, 0.5) is 4.79 Å². The minimum atomic E-state index is -0.789. The van der Waals surface area contributed by atoms with Gasteiger partial charge in [0.1, 0.15) is 11.9 Å². The number of ether oxygens (including phenoxy) is 2. The largest absolute Gasteiger partial charge is 0.490 e. The molecule has 1 aromatic rings. The average Bonchev–Trinajstić information content (AvgIpc) is 2.72. The van der Waals surface area contributed by atoms with Crippen LogP contribution >= 0.6 is 0 Å². The third-order valence-corrected chi connectivity index (χ3v) is 4.42. The summed E-state index contributed by atoms with van der Waals surface area (Å²) < 4.78 is 11.2. The molecule has 2 fully saturated rings. The number of hydrogen-bond donors (Lipinski definition) is 1. The van der Waals surface area contributed by atoms with E-state index in [1.165, 1.54) is 0 Å². The van der Waals surface area contributed by atoms with Crippen LogP contribution in [0.3, 0.4) is 0 Å². The Morgan fingerprint density at radius 1 is 1.33 bits per heavy atom. The molecule has 3 rings (SSSR count).